The highest BCUT2D eigenvalue weighted by molar-refractivity contribution is 7.09. The van der Waals surface area contributed by atoms with Crippen molar-refractivity contribution >= 4 is 28.8 Å². The average molecular weight is 305 g/mol. The molecule has 0 spiro atoms. The lowest BCUT2D eigenvalue weighted by Crippen LogP contribution is -2.05. The van der Waals surface area contributed by atoms with Gasteiger partial charge in [-0.05, 0) is 0 Å². The van der Waals surface area contributed by atoms with Crippen molar-refractivity contribution in [2.45, 2.75) is 6.54 Å². The molecule has 106 valence electrons. The molecule has 0 amide bonds. The van der Waals surface area contributed by atoms with E-state index in [-0.39, 0.29) is 29.3 Å². The van der Waals surface area contributed by atoms with Gasteiger partial charge in [0.05, 0.1) is 11.5 Å². The lowest BCUT2D eigenvalue weighted by atomic mass is 10.2. The van der Waals surface area contributed by atoms with Crippen molar-refractivity contribution in [2.24, 2.45) is 0 Å². The van der Waals surface area contributed by atoms with E-state index in [1.807, 2.05) is 6.07 Å². The Morgan fingerprint density at radius 2 is 2.38 bits per heavy atom. The topological polar surface area (TPSA) is 142 Å². The van der Waals surface area contributed by atoms with Crippen LogP contribution in [0.15, 0.2) is 17.6 Å². The number of nitrogens with zero attached hydrogens (tertiary/aromatic N) is 4. The number of nitro groups is 1. The predicted octanol–water partition coefficient (Wildman–Crippen LogP) is 1.63. The van der Waals surface area contributed by atoms with E-state index >= 15 is 0 Å². The zero-order valence-electron chi connectivity index (χ0n) is 10.3. The van der Waals surface area contributed by atoms with E-state index in [0.717, 1.165) is 23.6 Å². The number of nitriles is 1. The second-order valence-electron chi connectivity index (χ2n) is 3.74. The number of aromatic nitrogens is 2. The minimum Gasteiger partial charge on any atom is -0.476 e. The van der Waals surface area contributed by atoms with Crippen molar-refractivity contribution in [3.05, 3.63) is 44.0 Å². The monoisotopic (exact) mass is 305 g/mol. The van der Waals surface area contributed by atoms with Crippen LogP contribution in [0.5, 0.6) is 0 Å². The van der Waals surface area contributed by atoms with Crippen LogP contribution in [0, 0.1) is 21.4 Å². The van der Waals surface area contributed by atoms with Crippen LogP contribution in [0.25, 0.3) is 0 Å². The molecule has 2 rings (SSSR count). The molecule has 0 aromatic carbocycles. The number of hydrogen-bond acceptors (Lipinski definition) is 8. The van der Waals surface area contributed by atoms with Crippen molar-refractivity contribution in [1.82, 2.24) is 9.97 Å². The van der Waals surface area contributed by atoms with Crippen molar-refractivity contribution < 1.29 is 14.8 Å². The van der Waals surface area contributed by atoms with Gasteiger partial charge in [0.15, 0.2) is 5.69 Å². The Morgan fingerprint density at radius 1 is 1.62 bits per heavy atom. The minimum absolute atomic E-state index is 0.0271. The molecule has 2 heterocycles. The Hall–Kier alpha value is -3.06. The molecule has 0 aliphatic heterocycles. The summed E-state index contributed by atoms with van der Waals surface area (Å²) in [6.07, 6.45) is 1.04. The molecule has 10 heteroatoms. The van der Waals surface area contributed by atoms with Crippen LogP contribution < -0.4 is 5.32 Å². The Balaban J connectivity index is 2.14. The third-order valence-corrected chi connectivity index (χ3v) is 3.23. The molecular formula is C11H7N5O4S. The summed E-state index contributed by atoms with van der Waals surface area (Å²) in [6.45, 7) is 0.164. The Labute approximate surface area is 121 Å². The highest BCUT2D eigenvalue weighted by atomic mass is 32.1. The number of hydrogen-bond donors (Lipinski definition) is 2. The number of anilines is 1. The quantitative estimate of drug-likeness (QED) is 0.626. The number of pyridine rings is 1. The van der Waals surface area contributed by atoms with Crippen LogP contribution >= 0.6 is 11.3 Å². The van der Waals surface area contributed by atoms with Gasteiger partial charge in [0.1, 0.15) is 28.7 Å². The van der Waals surface area contributed by atoms with E-state index in [9.17, 15) is 14.9 Å². The second kappa shape index (κ2) is 5.93. The first-order valence-electron chi connectivity index (χ1n) is 5.47. The molecule has 2 aromatic heterocycles. The van der Waals surface area contributed by atoms with Crippen molar-refractivity contribution in [3.8, 4) is 6.07 Å². The van der Waals surface area contributed by atoms with Gasteiger partial charge in [-0.2, -0.15) is 5.26 Å². The summed E-state index contributed by atoms with van der Waals surface area (Å²) < 4.78 is 0. The number of carboxylic acids is 1. The Bertz CT molecular complexity index is 751. The molecule has 0 atom stereocenters. The van der Waals surface area contributed by atoms with Gasteiger partial charge < -0.3 is 10.4 Å². The molecule has 0 saturated heterocycles. The molecule has 21 heavy (non-hydrogen) atoms. The molecule has 9 nitrogen and oxygen atoms in total. The van der Waals surface area contributed by atoms with E-state index in [0.29, 0.717) is 5.01 Å². The van der Waals surface area contributed by atoms with Gasteiger partial charge in [0.25, 0.3) is 5.69 Å². The van der Waals surface area contributed by atoms with E-state index in [2.05, 4.69) is 15.3 Å². The molecule has 2 aromatic rings. The Kier molecular flexibility index (Phi) is 4.05. The van der Waals surface area contributed by atoms with Crippen LogP contribution in [0.1, 0.15) is 21.1 Å². The van der Waals surface area contributed by atoms with E-state index in [4.69, 9.17) is 10.4 Å². The normalized spacial score (nSPS) is 9.86. The van der Waals surface area contributed by atoms with Crippen LogP contribution in [-0.4, -0.2) is 26.0 Å². The highest BCUT2D eigenvalue weighted by Crippen LogP contribution is 2.19. The fourth-order valence-corrected chi connectivity index (χ4v) is 2.14. The van der Waals surface area contributed by atoms with Gasteiger partial charge in [-0.1, -0.05) is 0 Å². The fraction of sp³-hybridized carbons (Fsp3) is 0.0909. The van der Waals surface area contributed by atoms with Gasteiger partial charge >= 0.3 is 5.97 Å². The lowest BCUT2D eigenvalue weighted by Gasteiger charge is -2.04. The fourth-order valence-electron chi connectivity index (χ4n) is 1.43. The number of aromatic carboxylic acids is 1. The van der Waals surface area contributed by atoms with Gasteiger partial charge in [-0.3, -0.25) is 10.1 Å². The third kappa shape index (κ3) is 3.28. The molecule has 0 aliphatic rings. The number of carbonyl (C=O) groups is 1. The molecule has 0 unspecified atom stereocenters. The second-order valence-corrected chi connectivity index (χ2v) is 4.69. The summed E-state index contributed by atoms with van der Waals surface area (Å²) in [5.74, 6) is -0.946. The van der Waals surface area contributed by atoms with Crippen molar-refractivity contribution in [1.29, 1.82) is 5.26 Å². The van der Waals surface area contributed by atoms with Gasteiger partial charge in [0, 0.05) is 11.4 Å². The third-order valence-electron chi connectivity index (χ3n) is 2.38. The molecule has 0 bridgehead atoms. The maximum atomic E-state index is 10.7. The molecule has 0 aliphatic carbocycles. The number of carboxylic acid groups (broad SMARTS) is 1. The maximum absolute atomic E-state index is 10.7. The molecule has 2 N–H and O–H groups in total. The summed E-state index contributed by atoms with van der Waals surface area (Å²) in [7, 11) is 0. The van der Waals surface area contributed by atoms with E-state index in [1.54, 1.807) is 0 Å². The predicted molar refractivity (Wildman–Crippen MR) is 72.0 cm³/mol. The highest BCUT2D eigenvalue weighted by Gasteiger charge is 2.13. The van der Waals surface area contributed by atoms with Crippen molar-refractivity contribution in [2.75, 3.05) is 5.32 Å². The number of thiazole rings is 1. The molecule has 0 saturated carbocycles. The summed E-state index contributed by atoms with van der Waals surface area (Å²) in [5, 5.41) is 33.0. The zero-order valence-corrected chi connectivity index (χ0v) is 11.1. The average Bonchev–Trinajstić information content (AvgIpc) is 2.93. The molecular weight excluding hydrogens is 298 g/mol. The summed E-state index contributed by atoms with van der Waals surface area (Å²) in [6, 6.07) is 2.92. The summed E-state index contributed by atoms with van der Waals surface area (Å²) >= 11 is 1.15. The first kappa shape index (κ1) is 14.4. The zero-order chi connectivity index (χ0) is 15.4. The first-order valence-corrected chi connectivity index (χ1v) is 6.35. The van der Waals surface area contributed by atoms with Crippen molar-refractivity contribution in [3.63, 3.8) is 0 Å². The Morgan fingerprint density at radius 3 is 2.95 bits per heavy atom. The number of rotatable bonds is 5. The van der Waals surface area contributed by atoms with E-state index in [1.165, 1.54) is 5.38 Å². The first-order chi connectivity index (χ1) is 10.0. The van der Waals surface area contributed by atoms with Crippen LogP contribution in [-0.2, 0) is 6.54 Å². The summed E-state index contributed by atoms with van der Waals surface area (Å²) in [4.78, 5) is 28.3. The summed E-state index contributed by atoms with van der Waals surface area (Å²) in [5.41, 5.74) is -0.312. The number of nitrogens with one attached hydrogen (secondary N) is 1. The van der Waals surface area contributed by atoms with Crippen LogP contribution in [0.3, 0.4) is 0 Å². The maximum Gasteiger partial charge on any atom is 0.355 e. The van der Waals surface area contributed by atoms with Crippen LogP contribution in [0.4, 0.5) is 11.5 Å². The standard InChI is InChI=1S/C11H7N5O4S/c12-2-6-1-7(16(19)20)3-13-10(6)14-4-9-15-8(5-21-9)11(17)18/h1,3,5H,4H2,(H,13,14)(H,17,18). The van der Waals surface area contributed by atoms with Gasteiger partial charge in [0.2, 0.25) is 0 Å². The smallest absolute Gasteiger partial charge is 0.355 e. The minimum atomic E-state index is -1.12. The van der Waals surface area contributed by atoms with Gasteiger partial charge in [-0.15, -0.1) is 11.3 Å². The van der Waals surface area contributed by atoms with E-state index < -0.39 is 10.9 Å². The largest absolute Gasteiger partial charge is 0.476 e. The molecule has 0 radical (unpaired) electrons. The van der Waals surface area contributed by atoms with Crippen LogP contribution in [0.2, 0.25) is 0 Å². The van der Waals surface area contributed by atoms with Gasteiger partial charge in [-0.25, -0.2) is 14.8 Å². The SMILES string of the molecule is N#Cc1cc([N+](=O)[O-])cnc1NCc1nc(C(=O)O)cs1. The lowest BCUT2D eigenvalue weighted by molar-refractivity contribution is -0.385. The molecule has 0 fully saturated rings.